The summed E-state index contributed by atoms with van der Waals surface area (Å²) in [5.74, 6) is 6.33. The van der Waals surface area contributed by atoms with Crippen molar-refractivity contribution in [3.05, 3.63) is 29.8 Å². The van der Waals surface area contributed by atoms with Crippen molar-refractivity contribution in [1.29, 1.82) is 0 Å². The summed E-state index contributed by atoms with van der Waals surface area (Å²) in [5.41, 5.74) is 1.61. The molecule has 0 spiro atoms. The number of isothiocyanates is 1. The van der Waals surface area contributed by atoms with Gasteiger partial charge >= 0.3 is 0 Å². The molecule has 64 valence electrons. The van der Waals surface area contributed by atoms with Gasteiger partial charge in [0.1, 0.15) is 0 Å². The SMILES string of the molecule is S=C=Nc1ccccc1C#CCS. The molecule has 0 heterocycles. The average molecular weight is 205 g/mol. The summed E-state index contributed by atoms with van der Waals surface area (Å²) in [4.78, 5) is 3.90. The topological polar surface area (TPSA) is 12.4 Å². The van der Waals surface area contributed by atoms with Crippen LogP contribution in [0.3, 0.4) is 0 Å². The number of para-hydroxylation sites is 1. The molecule has 0 N–H and O–H groups in total. The molecule has 0 aromatic heterocycles. The summed E-state index contributed by atoms with van der Waals surface area (Å²) < 4.78 is 0. The van der Waals surface area contributed by atoms with Gasteiger partial charge in [0, 0.05) is 0 Å². The summed E-state index contributed by atoms with van der Waals surface area (Å²) in [5, 5.41) is 2.32. The maximum atomic E-state index is 4.53. The minimum absolute atomic E-state index is 0.537. The van der Waals surface area contributed by atoms with Gasteiger partial charge in [-0.05, 0) is 24.4 Å². The van der Waals surface area contributed by atoms with E-state index in [4.69, 9.17) is 0 Å². The number of hydrogen-bond acceptors (Lipinski definition) is 3. The van der Waals surface area contributed by atoms with Crippen LogP contribution in [-0.2, 0) is 0 Å². The van der Waals surface area contributed by atoms with Crippen LogP contribution in [0.5, 0.6) is 0 Å². The molecular formula is C10H7NS2. The highest BCUT2D eigenvalue weighted by atomic mass is 32.1. The molecule has 0 fully saturated rings. The normalized spacial score (nSPS) is 8.08. The Hall–Kier alpha value is -1.07. The van der Waals surface area contributed by atoms with E-state index in [0.717, 1.165) is 11.3 Å². The maximum Gasteiger partial charge on any atom is 0.0895 e. The largest absolute Gasteiger partial charge is 0.193 e. The van der Waals surface area contributed by atoms with Gasteiger partial charge in [-0.15, -0.1) is 0 Å². The summed E-state index contributed by atoms with van der Waals surface area (Å²) in [6.45, 7) is 0. The molecule has 1 aromatic rings. The second-order valence-corrected chi connectivity index (χ2v) is 2.68. The smallest absolute Gasteiger partial charge is 0.0895 e. The lowest BCUT2D eigenvalue weighted by molar-refractivity contribution is 1.51. The van der Waals surface area contributed by atoms with Gasteiger partial charge in [-0.2, -0.15) is 17.6 Å². The van der Waals surface area contributed by atoms with Gasteiger partial charge < -0.3 is 0 Å². The minimum Gasteiger partial charge on any atom is -0.193 e. The van der Waals surface area contributed by atoms with E-state index in [1.54, 1.807) is 0 Å². The van der Waals surface area contributed by atoms with Crippen molar-refractivity contribution in [2.45, 2.75) is 0 Å². The summed E-state index contributed by atoms with van der Waals surface area (Å²) in [7, 11) is 0. The Morgan fingerprint density at radius 1 is 1.38 bits per heavy atom. The lowest BCUT2D eigenvalue weighted by Gasteiger charge is -1.93. The van der Waals surface area contributed by atoms with Gasteiger partial charge in [-0.3, -0.25) is 0 Å². The molecule has 0 aliphatic heterocycles. The first kappa shape index (κ1) is 10.0. The first-order valence-electron chi connectivity index (χ1n) is 3.65. The molecule has 13 heavy (non-hydrogen) atoms. The zero-order chi connectivity index (χ0) is 9.52. The van der Waals surface area contributed by atoms with Crippen molar-refractivity contribution in [2.24, 2.45) is 4.99 Å². The molecule has 0 radical (unpaired) electrons. The molecule has 0 aliphatic carbocycles. The molecule has 0 saturated heterocycles. The maximum absolute atomic E-state index is 4.53. The fourth-order valence-corrected chi connectivity index (χ4v) is 1.04. The standard InChI is InChI=1S/C10H7NS2/c12-7-3-5-9-4-1-2-6-10(9)11-8-13/h1-2,4,6,12H,7H2. The van der Waals surface area contributed by atoms with Crippen LogP contribution in [0, 0.1) is 11.8 Å². The monoisotopic (exact) mass is 205 g/mol. The Morgan fingerprint density at radius 3 is 2.85 bits per heavy atom. The third-order valence-electron chi connectivity index (χ3n) is 1.37. The third-order valence-corrected chi connectivity index (χ3v) is 1.62. The van der Waals surface area contributed by atoms with Gasteiger partial charge in [0.25, 0.3) is 0 Å². The van der Waals surface area contributed by atoms with Crippen LogP contribution in [0.2, 0.25) is 0 Å². The predicted molar refractivity (Wildman–Crippen MR) is 61.9 cm³/mol. The summed E-state index contributed by atoms with van der Waals surface area (Å²) in [6.07, 6.45) is 0. The highest BCUT2D eigenvalue weighted by Gasteiger charge is 1.93. The number of hydrogen-bond donors (Lipinski definition) is 1. The molecule has 0 bridgehead atoms. The molecule has 0 unspecified atom stereocenters. The van der Waals surface area contributed by atoms with Crippen molar-refractivity contribution in [1.82, 2.24) is 0 Å². The van der Waals surface area contributed by atoms with E-state index >= 15 is 0 Å². The number of rotatable bonds is 1. The fourth-order valence-electron chi connectivity index (χ4n) is 0.861. The molecule has 0 saturated carbocycles. The van der Waals surface area contributed by atoms with Crippen LogP contribution < -0.4 is 0 Å². The van der Waals surface area contributed by atoms with Gasteiger partial charge in [-0.25, -0.2) is 0 Å². The van der Waals surface area contributed by atoms with E-state index in [2.05, 4.69) is 46.8 Å². The van der Waals surface area contributed by atoms with Gasteiger partial charge in [0.15, 0.2) is 0 Å². The van der Waals surface area contributed by atoms with E-state index in [9.17, 15) is 0 Å². The first-order valence-corrected chi connectivity index (χ1v) is 4.69. The van der Waals surface area contributed by atoms with Gasteiger partial charge in [0.2, 0.25) is 0 Å². The number of aliphatic imine (C=N–C) groups is 1. The highest BCUT2D eigenvalue weighted by Crippen LogP contribution is 2.16. The molecule has 0 aliphatic rings. The van der Waals surface area contributed by atoms with Gasteiger partial charge in [-0.1, -0.05) is 24.0 Å². The average Bonchev–Trinajstić information content (AvgIpc) is 2.17. The molecule has 0 amide bonds. The second kappa shape index (κ2) is 5.55. The minimum atomic E-state index is 0.537. The van der Waals surface area contributed by atoms with Gasteiger partial charge in [0.05, 0.1) is 22.2 Å². The quantitative estimate of drug-likeness (QED) is 0.322. The van der Waals surface area contributed by atoms with E-state index in [1.165, 1.54) is 0 Å². The Labute approximate surface area is 88.3 Å². The third kappa shape index (κ3) is 3.04. The number of benzene rings is 1. The molecule has 1 aromatic carbocycles. The lowest BCUT2D eigenvalue weighted by atomic mass is 10.2. The van der Waals surface area contributed by atoms with E-state index in [0.29, 0.717) is 5.75 Å². The Kier molecular flexibility index (Phi) is 4.28. The summed E-state index contributed by atoms with van der Waals surface area (Å²) in [6, 6.07) is 7.53. The second-order valence-electron chi connectivity index (χ2n) is 2.18. The predicted octanol–water partition coefficient (Wildman–Crippen LogP) is 2.70. The molecule has 1 nitrogen and oxygen atoms in total. The Balaban J connectivity index is 3.11. The Bertz CT molecular complexity index is 395. The van der Waals surface area contributed by atoms with Crippen molar-refractivity contribution in [2.75, 3.05) is 5.75 Å². The molecule has 3 heteroatoms. The molecule has 1 rings (SSSR count). The van der Waals surface area contributed by atoms with Crippen LogP contribution in [0.15, 0.2) is 29.3 Å². The lowest BCUT2D eigenvalue weighted by Crippen LogP contribution is -1.75. The van der Waals surface area contributed by atoms with E-state index in [1.807, 2.05) is 24.3 Å². The van der Waals surface area contributed by atoms with Crippen molar-refractivity contribution in [3.63, 3.8) is 0 Å². The number of nitrogens with zero attached hydrogens (tertiary/aromatic N) is 1. The van der Waals surface area contributed by atoms with E-state index < -0.39 is 0 Å². The van der Waals surface area contributed by atoms with Crippen LogP contribution in [-0.4, -0.2) is 10.9 Å². The first-order chi connectivity index (χ1) is 6.38. The van der Waals surface area contributed by atoms with Crippen LogP contribution >= 0.6 is 24.8 Å². The van der Waals surface area contributed by atoms with Crippen molar-refractivity contribution >= 4 is 35.7 Å². The van der Waals surface area contributed by atoms with Crippen LogP contribution in [0.1, 0.15) is 5.56 Å². The number of thiocarbonyl (C=S) groups is 1. The zero-order valence-electron chi connectivity index (χ0n) is 6.82. The van der Waals surface area contributed by atoms with Crippen LogP contribution in [0.25, 0.3) is 0 Å². The van der Waals surface area contributed by atoms with Crippen molar-refractivity contribution in [3.8, 4) is 11.8 Å². The molecule has 0 atom stereocenters. The van der Waals surface area contributed by atoms with Crippen molar-refractivity contribution < 1.29 is 0 Å². The van der Waals surface area contributed by atoms with Crippen LogP contribution in [0.4, 0.5) is 5.69 Å². The highest BCUT2D eigenvalue weighted by molar-refractivity contribution is 7.80. The Morgan fingerprint density at radius 2 is 2.15 bits per heavy atom. The van der Waals surface area contributed by atoms with E-state index in [-0.39, 0.29) is 0 Å². The molecular weight excluding hydrogens is 198 g/mol. The zero-order valence-corrected chi connectivity index (χ0v) is 8.53. The fraction of sp³-hybridized carbons (Fsp3) is 0.100. The number of thiol groups is 1. The summed E-state index contributed by atoms with van der Waals surface area (Å²) >= 11 is 8.52.